The Morgan fingerprint density at radius 2 is 1.83 bits per heavy atom. The molecule has 4 heterocycles. The van der Waals surface area contributed by atoms with Crippen molar-refractivity contribution >= 4 is 23.5 Å². The molecule has 3 aromatic rings. The summed E-state index contributed by atoms with van der Waals surface area (Å²) in [6.07, 6.45) is 1.71. The number of anilines is 2. The number of nitrogens with one attached hydrogen (secondary N) is 2. The summed E-state index contributed by atoms with van der Waals surface area (Å²) in [7, 11) is 0. The molecule has 0 radical (unpaired) electrons. The summed E-state index contributed by atoms with van der Waals surface area (Å²) < 4.78 is 0. The number of nitrogens with zero attached hydrogens (tertiary/aromatic N) is 4. The number of aromatic amines is 1. The van der Waals surface area contributed by atoms with Crippen LogP contribution >= 0.6 is 0 Å². The highest BCUT2D eigenvalue weighted by molar-refractivity contribution is 5.99. The first-order valence-electron chi connectivity index (χ1n) is 14.3. The van der Waals surface area contributed by atoms with Crippen LogP contribution in [0.25, 0.3) is 11.1 Å². The lowest BCUT2D eigenvalue weighted by Crippen LogP contribution is -2.48. The molecule has 2 aromatic heterocycles. The van der Waals surface area contributed by atoms with E-state index in [1.807, 2.05) is 51.2 Å². The first-order valence-corrected chi connectivity index (χ1v) is 14.3. The van der Waals surface area contributed by atoms with Gasteiger partial charge in [0.2, 0.25) is 0 Å². The van der Waals surface area contributed by atoms with Gasteiger partial charge in [-0.2, -0.15) is 0 Å². The van der Waals surface area contributed by atoms with Crippen LogP contribution in [0.2, 0.25) is 0 Å². The molecule has 2 aliphatic rings. The Kier molecular flexibility index (Phi) is 8.01. The summed E-state index contributed by atoms with van der Waals surface area (Å²) in [5.41, 5.74) is 6.67. The van der Waals surface area contributed by atoms with Crippen LogP contribution in [0, 0.1) is 6.92 Å². The minimum absolute atomic E-state index is 0.157. The predicted molar refractivity (Wildman–Crippen MR) is 160 cm³/mol. The highest BCUT2D eigenvalue weighted by Crippen LogP contribution is 2.36. The van der Waals surface area contributed by atoms with Crippen molar-refractivity contribution < 1.29 is 14.7 Å². The van der Waals surface area contributed by atoms with Crippen molar-refractivity contribution in [2.75, 3.05) is 49.1 Å². The number of aryl methyl sites for hydroxylation is 1. The minimum Gasteiger partial charge on any atom is -0.465 e. The molecule has 1 saturated heterocycles. The summed E-state index contributed by atoms with van der Waals surface area (Å²) in [6, 6.07) is 9.99. The third-order valence-corrected chi connectivity index (χ3v) is 8.13. The maximum atomic E-state index is 13.6. The maximum Gasteiger partial charge on any atom is 0.407 e. The number of carboxylic acid groups (broad SMARTS) is 1. The van der Waals surface area contributed by atoms with Gasteiger partial charge >= 0.3 is 6.09 Å². The first kappa shape index (κ1) is 28.2. The van der Waals surface area contributed by atoms with Gasteiger partial charge in [-0.3, -0.25) is 9.59 Å². The second-order valence-corrected chi connectivity index (χ2v) is 11.1. The molecule has 1 fully saturated rings. The first-order chi connectivity index (χ1) is 19.7. The van der Waals surface area contributed by atoms with Crippen molar-refractivity contribution in [3.05, 3.63) is 74.8 Å². The average molecular weight is 559 g/mol. The Labute approximate surface area is 240 Å². The zero-order valence-electron chi connectivity index (χ0n) is 24.2. The molecule has 3 N–H and O–H groups in total. The lowest BCUT2D eigenvalue weighted by atomic mass is 9.96. The third-order valence-electron chi connectivity index (χ3n) is 8.13. The molecule has 2 amide bonds. The maximum absolute atomic E-state index is 13.6. The molecule has 0 bridgehead atoms. The van der Waals surface area contributed by atoms with E-state index in [-0.39, 0.29) is 23.9 Å². The van der Waals surface area contributed by atoms with Gasteiger partial charge in [0.25, 0.3) is 11.5 Å². The van der Waals surface area contributed by atoms with Crippen LogP contribution in [-0.2, 0) is 13.0 Å². The Hall–Kier alpha value is -4.34. The predicted octanol–water partition coefficient (Wildman–Crippen LogP) is 3.98. The smallest absolute Gasteiger partial charge is 0.407 e. The van der Waals surface area contributed by atoms with Gasteiger partial charge in [0.05, 0.1) is 0 Å². The summed E-state index contributed by atoms with van der Waals surface area (Å²) >= 11 is 0. The van der Waals surface area contributed by atoms with Crippen LogP contribution in [0.1, 0.15) is 59.4 Å². The molecule has 2 aliphatic heterocycles. The minimum atomic E-state index is -0.892. The number of fused-ring (bicyclic) bond motifs is 1. The van der Waals surface area contributed by atoms with E-state index in [1.165, 1.54) is 4.90 Å². The van der Waals surface area contributed by atoms with Crippen molar-refractivity contribution in [2.45, 2.75) is 46.6 Å². The normalized spacial score (nSPS) is 14.9. The number of benzene rings is 1. The fourth-order valence-electron chi connectivity index (χ4n) is 5.84. The molecule has 0 unspecified atom stereocenters. The number of rotatable bonds is 7. The van der Waals surface area contributed by atoms with E-state index < -0.39 is 6.09 Å². The second-order valence-electron chi connectivity index (χ2n) is 11.1. The van der Waals surface area contributed by atoms with Crippen LogP contribution < -0.4 is 20.7 Å². The van der Waals surface area contributed by atoms with Gasteiger partial charge in [-0.25, -0.2) is 9.78 Å². The van der Waals surface area contributed by atoms with Gasteiger partial charge < -0.3 is 30.1 Å². The number of amides is 2. The number of hydrogen-bond acceptors (Lipinski definition) is 6. The average Bonchev–Trinajstić information content (AvgIpc) is 3.39. The molecule has 10 heteroatoms. The molecule has 0 saturated carbocycles. The van der Waals surface area contributed by atoms with E-state index in [0.717, 1.165) is 59.0 Å². The molecule has 10 nitrogen and oxygen atoms in total. The lowest BCUT2D eigenvalue weighted by Gasteiger charge is -2.33. The van der Waals surface area contributed by atoms with Crippen LogP contribution in [0.5, 0.6) is 0 Å². The standard InChI is InChI=1S/C31H38N6O4/c1-5-35-9-8-23-25(29(38)33-18-26-24(19(2)3)14-20(4)34-30(26)39)15-22(16-27(23)35)21-6-7-28(32-17-21)36-10-12-37(13-11-36)31(40)41/h6-7,14-17,19H,5,8-13,18H2,1-4H3,(H,33,38)(H,34,39)(H,40,41). The third kappa shape index (κ3) is 5.77. The molecule has 41 heavy (non-hydrogen) atoms. The number of hydrogen-bond donors (Lipinski definition) is 3. The van der Waals surface area contributed by atoms with Crippen LogP contribution in [0.3, 0.4) is 0 Å². The molecule has 0 spiro atoms. The van der Waals surface area contributed by atoms with Crippen LogP contribution in [0.4, 0.5) is 16.3 Å². The number of piperazine rings is 1. The van der Waals surface area contributed by atoms with E-state index >= 15 is 0 Å². The fourth-order valence-corrected chi connectivity index (χ4v) is 5.84. The molecule has 0 aliphatic carbocycles. The summed E-state index contributed by atoms with van der Waals surface area (Å²) in [5.74, 6) is 0.763. The highest BCUT2D eigenvalue weighted by Gasteiger charge is 2.26. The number of carbonyl (C=O) groups is 2. The van der Waals surface area contributed by atoms with Crippen molar-refractivity contribution in [3.63, 3.8) is 0 Å². The number of carbonyl (C=O) groups excluding carboxylic acids is 1. The summed E-state index contributed by atoms with van der Waals surface area (Å²) in [6.45, 7) is 12.0. The number of pyridine rings is 2. The summed E-state index contributed by atoms with van der Waals surface area (Å²) in [5, 5.41) is 12.2. The van der Waals surface area contributed by atoms with E-state index in [4.69, 9.17) is 0 Å². The molecule has 0 atom stereocenters. The Morgan fingerprint density at radius 3 is 2.46 bits per heavy atom. The monoisotopic (exact) mass is 558 g/mol. The van der Waals surface area contributed by atoms with Gasteiger partial charge in [0.15, 0.2) is 0 Å². The SMILES string of the molecule is CCN1CCc2c(C(=O)NCc3c(C(C)C)cc(C)[nH]c3=O)cc(-c3ccc(N4CCN(C(=O)O)CC4)nc3)cc21. The van der Waals surface area contributed by atoms with E-state index in [1.54, 1.807) is 0 Å². The summed E-state index contributed by atoms with van der Waals surface area (Å²) in [4.78, 5) is 51.0. The van der Waals surface area contributed by atoms with Crippen LogP contribution in [-0.4, -0.2) is 71.2 Å². The van der Waals surface area contributed by atoms with Crippen LogP contribution in [0.15, 0.2) is 41.3 Å². The Bertz CT molecular complexity index is 1510. The number of likely N-dealkylation sites (N-methyl/N-ethyl adjacent to an activating group) is 1. The van der Waals surface area contributed by atoms with Gasteiger partial charge in [-0.15, -0.1) is 0 Å². The molecular formula is C31H38N6O4. The fraction of sp³-hybridized carbons (Fsp3) is 0.419. The van der Waals surface area contributed by atoms with Crippen molar-refractivity contribution in [2.24, 2.45) is 0 Å². The molecule has 216 valence electrons. The highest BCUT2D eigenvalue weighted by atomic mass is 16.4. The van der Waals surface area contributed by atoms with E-state index in [2.05, 4.69) is 38.1 Å². The zero-order chi connectivity index (χ0) is 29.3. The molecule has 1 aromatic carbocycles. The molecule has 5 rings (SSSR count). The van der Waals surface area contributed by atoms with Gasteiger partial charge in [-0.05, 0) is 73.2 Å². The van der Waals surface area contributed by atoms with Crippen molar-refractivity contribution in [1.29, 1.82) is 0 Å². The van der Waals surface area contributed by atoms with Crippen molar-refractivity contribution in [1.82, 2.24) is 20.2 Å². The Morgan fingerprint density at radius 1 is 1.07 bits per heavy atom. The number of aromatic nitrogens is 2. The van der Waals surface area contributed by atoms with Gasteiger partial charge in [0.1, 0.15) is 5.82 Å². The largest absolute Gasteiger partial charge is 0.465 e. The quantitative estimate of drug-likeness (QED) is 0.401. The number of H-pyrrole nitrogens is 1. The Balaban J connectivity index is 1.41. The second kappa shape index (κ2) is 11.6. The molecular weight excluding hydrogens is 520 g/mol. The van der Waals surface area contributed by atoms with E-state index in [9.17, 15) is 19.5 Å². The van der Waals surface area contributed by atoms with Gasteiger partial charge in [0, 0.05) is 80.1 Å². The zero-order valence-corrected chi connectivity index (χ0v) is 24.2. The van der Waals surface area contributed by atoms with E-state index in [0.29, 0.717) is 37.3 Å². The lowest BCUT2D eigenvalue weighted by molar-refractivity contribution is 0.0949. The van der Waals surface area contributed by atoms with Crippen molar-refractivity contribution in [3.8, 4) is 11.1 Å². The topological polar surface area (TPSA) is 122 Å². The van der Waals surface area contributed by atoms with Gasteiger partial charge in [-0.1, -0.05) is 13.8 Å².